The molecule has 1 heterocycles. The first kappa shape index (κ1) is 16.3. The quantitative estimate of drug-likeness (QED) is 0.726. The van der Waals surface area contributed by atoms with Gasteiger partial charge in [0.15, 0.2) is 0 Å². The SMILES string of the molecule is CC(C)N(CCNCC1CCC2(CCCC2)O1)C(C)C. The van der Waals surface area contributed by atoms with Crippen LogP contribution in [0.4, 0.5) is 0 Å². The molecule has 3 heteroatoms. The van der Waals surface area contributed by atoms with Gasteiger partial charge in [-0.3, -0.25) is 4.90 Å². The van der Waals surface area contributed by atoms with Gasteiger partial charge in [-0.05, 0) is 53.4 Å². The van der Waals surface area contributed by atoms with E-state index in [0.717, 1.165) is 19.6 Å². The van der Waals surface area contributed by atoms with E-state index in [1.807, 2.05) is 0 Å². The maximum atomic E-state index is 6.34. The predicted octanol–water partition coefficient (Wildman–Crippen LogP) is 3.19. The summed E-state index contributed by atoms with van der Waals surface area (Å²) in [7, 11) is 0. The van der Waals surface area contributed by atoms with Crippen LogP contribution in [0.5, 0.6) is 0 Å². The molecular formula is C17H34N2O. The van der Waals surface area contributed by atoms with E-state index < -0.39 is 0 Å². The summed E-state index contributed by atoms with van der Waals surface area (Å²) in [5.41, 5.74) is 0.286. The Hall–Kier alpha value is -0.120. The van der Waals surface area contributed by atoms with Gasteiger partial charge in [0.25, 0.3) is 0 Å². The average Bonchev–Trinajstić information content (AvgIpc) is 2.99. The molecule has 1 spiro atoms. The fraction of sp³-hybridized carbons (Fsp3) is 1.00. The molecule has 0 aromatic rings. The summed E-state index contributed by atoms with van der Waals surface area (Å²) in [6, 6.07) is 1.25. The lowest BCUT2D eigenvalue weighted by Gasteiger charge is -2.30. The van der Waals surface area contributed by atoms with E-state index >= 15 is 0 Å². The van der Waals surface area contributed by atoms with Gasteiger partial charge in [-0.25, -0.2) is 0 Å². The highest BCUT2D eigenvalue weighted by Crippen LogP contribution is 2.43. The molecule has 0 bridgehead atoms. The molecule has 1 saturated carbocycles. The molecule has 1 aliphatic carbocycles. The minimum atomic E-state index is 0.286. The Morgan fingerprint density at radius 3 is 2.35 bits per heavy atom. The summed E-state index contributed by atoms with van der Waals surface area (Å²) in [4.78, 5) is 2.54. The zero-order chi connectivity index (χ0) is 14.6. The molecule has 2 rings (SSSR count). The van der Waals surface area contributed by atoms with Crippen LogP contribution in [0.25, 0.3) is 0 Å². The second-order valence-electron chi connectivity index (χ2n) is 7.30. The van der Waals surface area contributed by atoms with Crippen LogP contribution in [-0.2, 0) is 4.74 Å². The minimum absolute atomic E-state index is 0.286. The second kappa shape index (κ2) is 7.24. The lowest BCUT2D eigenvalue weighted by atomic mass is 9.98. The van der Waals surface area contributed by atoms with Gasteiger partial charge in [0.05, 0.1) is 11.7 Å². The highest BCUT2D eigenvalue weighted by molar-refractivity contribution is 4.93. The zero-order valence-electron chi connectivity index (χ0n) is 14.0. The third-order valence-corrected chi connectivity index (χ3v) is 5.10. The van der Waals surface area contributed by atoms with E-state index in [1.54, 1.807) is 0 Å². The van der Waals surface area contributed by atoms with E-state index in [-0.39, 0.29) is 5.60 Å². The lowest BCUT2D eigenvalue weighted by Crippen LogP contribution is -2.42. The Kier molecular flexibility index (Phi) is 5.88. The van der Waals surface area contributed by atoms with Crippen LogP contribution in [0.2, 0.25) is 0 Å². The predicted molar refractivity (Wildman–Crippen MR) is 85.2 cm³/mol. The van der Waals surface area contributed by atoms with Gasteiger partial charge < -0.3 is 10.1 Å². The summed E-state index contributed by atoms with van der Waals surface area (Å²) in [5, 5.41) is 3.61. The Labute approximate surface area is 125 Å². The number of hydrogen-bond donors (Lipinski definition) is 1. The highest BCUT2D eigenvalue weighted by Gasteiger charge is 2.41. The summed E-state index contributed by atoms with van der Waals surface area (Å²) in [6.45, 7) is 12.4. The molecule has 20 heavy (non-hydrogen) atoms. The molecule has 1 saturated heterocycles. The van der Waals surface area contributed by atoms with Crippen molar-refractivity contribution in [3.63, 3.8) is 0 Å². The summed E-state index contributed by atoms with van der Waals surface area (Å²) < 4.78 is 6.34. The lowest BCUT2D eigenvalue weighted by molar-refractivity contribution is -0.0352. The van der Waals surface area contributed by atoms with Crippen molar-refractivity contribution in [3.8, 4) is 0 Å². The van der Waals surface area contributed by atoms with Crippen molar-refractivity contribution in [2.75, 3.05) is 19.6 Å². The van der Waals surface area contributed by atoms with Gasteiger partial charge in [0, 0.05) is 31.7 Å². The Morgan fingerprint density at radius 1 is 1.10 bits per heavy atom. The maximum Gasteiger partial charge on any atom is 0.0708 e. The van der Waals surface area contributed by atoms with Crippen LogP contribution in [0, 0.1) is 0 Å². The van der Waals surface area contributed by atoms with Crippen molar-refractivity contribution >= 4 is 0 Å². The summed E-state index contributed by atoms with van der Waals surface area (Å²) in [6.07, 6.45) is 8.36. The first-order chi connectivity index (χ1) is 9.52. The Balaban J connectivity index is 1.62. The molecule has 0 amide bonds. The van der Waals surface area contributed by atoms with Crippen LogP contribution in [-0.4, -0.2) is 48.3 Å². The molecule has 118 valence electrons. The minimum Gasteiger partial charge on any atom is -0.370 e. The van der Waals surface area contributed by atoms with E-state index in [9.17, 15) is 0 Å². The summed E-state index contributed by atoms with van der Waals surface area (Å²) in [5.74, 6) is 0. The van der Waals surface area contributed by atoms with Gasteiger partial charge in [0.2, 0.25) is 0 Å². The van der Waals surface area contributed by atoms with E-state index in [0.29, 0.717) is 18.2 Å². The Bertz CT molecular complexity index is 277. The Morgan fingerprint density at radius 2 is 1.75 bits per heavy atom. The third-order valence-electron chi connectivity index (χ3n) is 5.10. The smallest absolute Gasteiger partial charge is 0.0708 e. The highest BCUT2D eigenvalue weighted by atomic mass is 16.5. The van der Waals surface area contributed by atoms with E-state index in [4.69, 9.17) is 4.74 Å². The fourth-order valence-corrected chi connectivity index (χ4v) is 4.01. The average molecular weight is 282 g/mol. The van der Waals surface area contributed by atoms with Crippen molar-refractivity contribution in [1.82, 2.24) is 10.2 Å². The van der Waals surface area contributed by atoms with Crippen molar-refractivity contribution in [3.05, 3.63) is 0 Å². The van der Waals surface area contributed by atoms with Crippen LogP contribution < -0.4 is 5.32 Å². The number of hydrogen-bond acceptors (Lipinski definition) is 3. The van der Waals surface area contributed by atoms with Crippen LogP contribution >= 0.6 is 0 Å². The molecule has 1 aliphatic heterocycles. The molecule has 0 radical (unpaired) electrons. The maximum absolute atomic E-state index is 6.34. The zero-order valence-corrected chi connectivity index (χ0v) is 14.0. The monoisotopic (exact) mass is 282 g/mol. The molecule has 1 N–H and O–H groups in total. The van der Waals surface area contributed by atoms with E-state index in [1.165, 1.54) is 38.5 Å². The topological polar surface area (TPSA) is 24.5 Å². The summed E-state index contributed by atoms with van der Waals surface area (Å²) >= 11 is 0. The first-order valence-electron chi connectivity index (χ1n) is 8.67. The standard InChI is InChI=1S/C17H34N2O/c1-14(2)19(15(3)4)12-11-18-13-16-7-10-17(20-16)8-5-6-9-17/h14-16,18H,5-13H2,1-4H3. The van der Waals surface area contributed by atoms with Crippen molar-refractivity contribution in [2.45, 2.75) is 90.0 Å². The van der Waals surface area contributed by atoms with Crippen LogP contribution in [0.3, 0.4) is 0 Å². The molecule has 2 fully saturated rings. The van der Waals surface area contributed by atoms with E-state index in [2.05, 4.69) is 37.9 Å². The van der Waals surface area contributed by atoms with Crippen LogP contribution in [0.1, 0.15) is 66.2 Å². The number of nitrogens with zero attached hydrogens (tertiary/aromatic N) is 1. The van der Waals surface area contributed by atoms with Gasteiger partial charge in [0.1, 0.15) is 0 Å². The first-order valence-corrected chi connectivity index (χ1v) is 8.67. The van der Waals surface area contributed by atoms with Crippen molar-refractivity contribution in [2.24, 2.45) is 0 Å². The van der Waals surface area contributed by atoms with Gasteiger partial charge in [-0.15, -0.1) is 0 Å². The molecule has 0 aromatic carbocycles. The van der Waals surface area contributed by atoms with Gasteiger partial charge in [-0.2, -0.15) is 0 Å². The third kappa shape index (κ3) is 4.19. The largest absolute Gasteiger partial charge is 0.370 e. The number of ether oxygens (including phenoxy) is 1. The van der Waals surface area contributed by atoms with Crippen LogP contribution in [0.15, 0.2) is 0 Å². The molecule has 1 atom stereocenters. The molecule has 2 aliphatic rings. The number of nitrogens with one attached hydrogen (secondary N) is 1. The van der Waals surface area contributed by atoms with Gasteiger partial charge in [-0.1, -0.05) is 12.8 Å². The number of rotatable bonds is 7. The van der Waals surface area contributed by atoms with Crippen molar-refractivity contribution < 1.29 is 4.74 Å². The fourth-order valence-electron chi connectivity index (χ4n) is 4.01. The molecule has 3 nitrogen and oxygen atoms in total. The van der Waals surface area contributed by atoms with Gasteiger partial charge >= 0.3 is 0 Å². The second-order valence-corrected chi connectivity index (χ2v) is 7.30. The van der Waals surface area contributed by atoms with Crippen molar-refractivity contribution in [1.29, 1.82) is 0 Å². The molecular weight excluding hydrogens is 248 g/mol. The normalized spacial score (nSPS) is 25.6. The molecule has 1 unspecified atom stereocenters. The molecule has 0 aromatic heterocycles.